The quantitative estimate of drug-likeness (QED) is 0.632. The molecule has 0 heterocycles. The molecule has 0 saturated heterocycles. The number of nitrogens with one attached hydrogen (secondary N) is 1. The van der Waals surface area contributed by atoms with Crippen molar-refractivity contribution in [2.75, 3.05) is 6.54 Å². The second-order valence-electron chi connectivity index (χ2n) is 5.65. The van der Waals surface area contributed by atoms with Crippen LogP contribution in [0.3, 0.4) is 0 Å². The number of unbranched alkanes of at least 4 members (excludes halogenated alkanes) is 2. The molecule has 2 aliphatic carbocycles. The molecule has 0 amide bonds. The molecule has 3 unspecified atom stereocenters. The van der Waals surface area contributed by atoms with E-state index in [4.69, 9.17) is 0 Å². The molecule has 1 N–H and O–H groups in total. The van der Waals surface area contributed by atoms with Gasteiger partial charge < -0.3 is 5.32 Å². The molecule has 2 fully saturated rings. The fraction of sp³-hybridized carbons (Fsp3) is 1.00. The molecule has 88 valence electrons. The van der Waals surface area contributed by atoms with Crippen LogP contribution >= 0.6 is 0 Å². The van der Waals surface area contributed by atoms with Crippen molar-refractivity contribution in [1.29, 1.82) is 0 Å². The lowest BCUT2D eigenvalue weighted by molar-refractivity contribution is 0.315. The van der Waals surface area contributed by atoms with Crippen LogP contribution in [0.25, 0.3) is 0 Å². The summed E-state index contributed by atoms with van der Waals surface area (Å²) in [5.74, 6) is 3.30. The van der Waals surface area contributed by atoms with Crippen LogP contribution in [0.1, 0.15) is 58.8 Å². The van der Waals surface area contributed by atoms with Gasteiger partial charge in [0.2, 0.25) is 0 Å². The Morgan fingerprint density at radius 3 is 2.40 bits per heavy atom. The Morgan fingerprint density at radius 2 is 1.80 bits per heavy atom. The van der Waals surface area contributed by atoms with E-state index in [0.717, 1.165) is 30.3 Å². The molecule has 0 aromatic carbocycles. The van der Waals surface area contributed by atoms with Gasteiger partial charge in [0.15, 0.2) is 0 Å². The van der Waals surface area contributed by atoms with Gasteiger partial charge in [0.1, 0.15) is 0 Å². The summed E-state index contributed by atoms with van der Waals surface area (Å²) in [5.41, 5.74) is 0. The molecule has 0 aliphatic heterocycles. The predicted octanol–water partition coefficient (Wildman–Crippen LogP) is 3.59. The molecule has 2 rings (SSSR count). The summed E-state index contributed by atoms with van der Waals surface area (Å²) in [6, 6.07) is 0.842. The Balaban J connectivity index is 1.72. The van der Waals surface area contributed by atoms with Gasteiger partial charge in [0, 0.05) is 6.04 Å². The van der Waals surface area contributed by atoms with Crippen LogP contribution in [0.2, 0.25) is 0 Å². The summed E-state index contributed by atoms with van der Waals surface area (Å²) in [6.07, 6.45) is 10.3. The topological polar surface area (TPSA) is 12.0 Å². The van der Waals surface area contributed by atoms with E-state index >= 15 is 0 Å². The van der Waals surface area contributed by atoms with Crippen molar-refractivity contribution in [2.24, 2.45) is 17.8 Å². The van der Waals surface area contributed by atoms with Gasteiger partial charge in [-0.05, 0) is 50.0 Å². The van der Waals surface area contributed by atoms with Gasteiger partial charge >= 0.3 is 0 Å². The van der Waals surface area contributed by atoms with Crippen LogP contribution in [-0.4, -0.2) is 12.6 Å². The first-order valence-corrected chi connectivity index (χ1v) is 7.08. The van der Waals surface area contributed by atoms with E-state index in [1.165, 1.54) is 38.5 Å². The number of rotatable bonds is 7. The fourth-order valence-corrected chi connectivity index (χ4v) is 3.47. The molecule has 2 saturated carbocycles. The van der Waals surface area contributed by atoms with Gasteiger partial charge in [0.05, 0.1) is 0 Å². The smallest absolute Gasteiger partial charge is 0.00954 e. The van der Waals surface area contributed by atoms with Crippen molar-refractivity contribution in [2.45, 2.75) is 64.8 Å². The maximum atomic E-state index is 3.72. The first-order valence-electron chi connectivity index (χ1n) is 7.08. The van der Waals surface area contributed by atoms with Crippen LogP contribution in [0.15, 0.2) is 0 Å². The molecular formula is C14H27N. The summed E-state index contributed by atoms with van der Waals surface area (Å²) < 4.78 is 0. The molecule has 1 nitrogen and oxygen atoms in total. The molecule has 0 aromatic heterocycles. The highest BCUT2D eigenvalue weighted by molar-refractivity contribution is 4.99. The first-order chi connectivity index (χ1) is 7.35. The van der Waals surface area contributed by atoms with Crippen molar-refractivity contribution in [1.82, 2.24) is 5.32 Å². The Kier molecular flexibility index (Phi) is 4.07. The van der Waals surface area contributed by atoms with E-state index in [9.17, 15) is 0 Å². The third kappa shape index (κ3) is 2.96. The van der Waals surface area contributed by atoms with E-state index in [1.807, 2.05) is 0 Å². The van der Waals surface area contributed by atoms with Crippen LogP contribution in [0.4, 0.5) is 0 Å². The average molecular weight is 209 g/mol. The van der Waals surface area contributed by atoms with Crippen LogP contribution in [0.5, 0.6) is 0 Å². The lowest BCUT2D eigenvalue weighted by Gasteiger charge is -2.25. The van der Waals surface area contributed by atoms with Gasteiger partial charge in [-0.25, -0.2) is 0 Å². The normalized spacial score (nSPS) is 35.2. The maximum Gasteiger partial charge on any atom is 0.00954 e. The molecule has 0 spiro atoms. The minimum atomic E-state index is 0.842. The molecule has 3 atom stereocenters. The minimum Gasteiger partial charge on any atom is -0.314 e. The van der Waals surface area contributed by atoms with Gasteiger partial charge in [-0.2, -0.15) is 0 Å². The Labute approximate surface area is 95.0 Å². The SMILES string of the molecule is CCCCCC(NCC)C1CC2CC2C1. The van der Waals surface area contributed by atoms with Crippen LogP contribution < -0.4 is 5.32 Å². The molecule has 0 radical (unpaired) electrons. The standard InChI is InChI=1S/C14H27N/c1-3-5-6-7-14(15-4-2)13-9-11-8-12(11)10-13/h11-15H,3-10H2,1-2H3. The number of hydrogen-bond acceptors (Lipinski definition) is 1. The highest BCUT2D eigenvalue weighted by Crippen LogP contribution is 2.55. The summed E-state index contributed by atoms with van der Waals surface area (Å²) in [5, 5.41) is 3.72. The van der Waals surface area contributed by atoms with Crippen LogP contribution in [-0.2, 0) is 0 Å². The van der Waals surface area contributed by atoms with Gasteiger partial charge in [-0.15, -0.1) is 0 Å². The van der Waals surface area contributed by atoms with E-state index in [1.54, 1.807) is 6.42 Å². The second kappa shape index (κ2) is 5.34. The summed E-state index contributed by atoms with van der Waals surface area (Å²) in [6.45, 7) is 5.71. The molecule has 15 heavy (non-hydrogen) atoms. The zero-order valence-electron chi connectivity index (χ0n) is 10.5. The van der Waals surface area contributed by atoms with Gasteiger partial charge in [-0.1, -0.05) is 33.1 Å². The zero-order chi connectivity index (χ0) is 10.7. The first kappa shape index (κ1) is 11.4. The average Bonchev–Trinajstić information content (AvgIpc) is 2.85. The molecule has 2 aliphatic rings. The van der Waals surface area contributed by atoms with Crippen molar-refractivity contribution in [3.63, 3.8) is 0 Å². The van der Waals surface area contributed by atoms with Crippen molar-refractivity contribution in [3.05, 3.63) is 0 Å². The zero-order valence-corrected chi connectivity index (χ0v) is 10.5. The lowest BCUT2D eigenvalue weighted by Crippen LogP contribution is -2.35. The second-order valence-corrected chi connectivity index (χ2v) is 5.65. The molecule has 0 bridgehead atoms. The summed E-state index contributed by atoms with van der Waals surface area (Å²) >= 11 is 0. The fourth-order valence-electron chi connectivity index (χ4n) is 3.47. The predicted molar refractivity (Wildman–Crippen MR) is 65.9 cm³/mol. The third-order valence-corrected chi connectivity index (χ3v) is 4.43. The third-order valence-electron chi connectivity index (χ3n) is 4.43. The Morgan fingerprint density at radius 1 is 1.07 bits per heavy atom. The highest BCUT2D eigenvalue weighted by atomic mass is 14.9. The van der Waals surface area contributed by atoms with Crippen LogP contribution in [0, 0.1) is 17.8 Å². The lowest BCUT2D eigenvalue weighted by atomic mass is 9.90. The van der Waals surface area contributed by atoms with E-state index in [0.29, 0.717) is 0 Å². The van der Waals surface area contributed by atoms with E-state index in [2.05, 4.69) is 19.2 Å². The molecule has 1 heteroatoms. The Hall–Kier alpha value is -0.0400. The highest BCUT2D eigenvalue weighted by Gasteiger charge is 2.47. The monoisotopic (exact) mass is 209 g/mol. The summed E-state index contributed by atoms with van der Waals surface area (Å²) in [4.78, 5) is 0. The van der Waals surface area contributed by atoms with E-state index < -0.39 is 0 Å². The van der Waals surface area contributed by atoms with Crippen molar-refractivity contribution in [3.8, 4) is 0 Å². The van der Waals surface area contributed by atoms with E-state index in [-0.39, 0.29) is 0 Å². The minimum absolute atomic E-state index is 0.842. The van der Waals surface area contributed by atoms with Gasteiger partial charge in [0.25, 0.3) is 0 Å². The molecule has 0 aromatic rings. The molecular weight excluding hydrogens is 182 g/mol. The Bertz CT molecular complexity index is 180. The van der Waals surface area contributed by atoms with Gasteiger partial charge in [-0.3, -0.25) is 0 Å². The van der Waals surface area contributed by atoms with Crippen molar-refractivity contribution >= 4 is 0 Å². The largest absolute Gasteiger partial charge is 0.314 e. The summed E-state index contributed by atoms with van der Waals surface area (Å²) in [7, 11) is 0. The number of hydrogen-bond donors (Lipinski definition) is 1. The number of fused-ring (bicyclic) bond motifs is 1. The maximum absolute atomic E-state index is 3.72. The van der Waals surface area contributed by atoms with Crippen molar-refractivity contribution < 1.29 is 0 Å².